The van der Waals surface area contributed by atoms with Crippen LogP contribution in [0.2, 0.25) is 0 Å². The Balaban J connectivity index is 2.40. The number of carbonyl (C=O) groups excluding carboxylic acids is 1. The van der Waals surface area contributed by atoms with Crippen molar-refractivity contribution in [3.63, 3.8) is 0 Å². The summed E-state index contributed by atoms with van der Waals surface area (Å²) in [6, 6.07) is 2.80. The van der Waals surface area contributed by atoms with Crippen LogP contribution in [0.1, 0.15) is 18.4 Å². The summed E-state index contributed by atoms with van der Waals surface area (Å²) in [5.41, 5.74) is 6.32. The van der Waals surface area contributed by atoms with Gasteiger partial charge in [0.1, 0.15) is 11.0 Å². The van der Waals surface area contributed by atoms with Crippen LogP contribution in [0.3, 0.4) is 0 Å². The minimum absolute atomic E-state index is 0.119. The molecule has 0 radical (unpaired) electrons. The summed E-state index contributed by atoms with van der Waals surface area (Å²) in [5.74, 6) is -0.817. The largest absolute Gasteiger partial charge is 0.467 e. The van der Waals surface area contributed by atoms with Gasteiger partial charge >= 0.3 is 5.97 Å². The molecular weight excluding hydrogens is 347 g/mol. The Labute approximate surface area is 130 Å². The molecule has 0 aliphatic carbocycles. The average molecular weight is 361 g/mol. The Morgan fingerprint density at radius 3 is 2.90 bits per heavy atom. The lowest BCUT2D eigenvalue weighted by Gasteiger charge is -2.26. The van der Waals surface area contributed by atoms with Gasteiger partial charge in [-0.2, -0.15) is 0 Å². The summed E-state index contributed by atoms with van der Waals surface area (Å²) in [6.45, 7) is 0.607. The number of anilines is 1. The zero-order valence-corrected chi connectivity index (χ0v) is 13.3. The van der Waals surface area contributed by atoms with Crippen molar-refractivity contribution in [2.75, 3.05) is 18.6 Å². The summed E-state index contributed by atoms with van der Waals surface area (Å²) >= 11 is 8.03. The van der Waals surface area contributed by atoms with Gasteiger partial charge in [0.25, 0.3) is 0 Å². The minimum Gasteiger partial charge on any atom is -0.467 e. The van der Waals surface area contributed by atoms with Crippen molar-refractivity contribution in [2.24, 2.45) is 5.73 Å². The molecule has 1 fully saturated rings. The van der Waals surface area contributed by atoms with E-state index in [2.05, 4.69) is 15.9 Å². The number of hydrogen-bond donors (Lipinski definition) is 1. The van der Waals surface area contributed by atoms with Gasteiger partial charge < -0.3 is 15.4 Å². The van der Waals surface area contributed by atoms with E-state index in [0.717, 1.165) is 6.42 Å². The fraction of sp³-hybridized carbons (Fsp3) is 0.385. The smallest absolute Gasteiger partial charge is 0.328 e. The van der Waals surface area contributed by atoms with Crippen LogP contribution in [0.15, 0.2) is 16.6 Å². The van der Waals surface area contributed by atoms with Gasteiger partial charge in [-0.15, -0.1) is 0 Å². The quantitative estimate of drug-likeness (QED) is 0.662. The average Bonchev–Trinajstić information content (AvgIpc) is 2.89. The van der Waals surface area contributed by atoms with Crippen molar-refractivity contribution < 1.29 is 13.9 Å². The molecule has 20 heavy (non-hydrogen) atoms. The van der Waals surface area contributed by atoms with Crippen LogP contribution >= 0.6 is 28.1 Å². The van der Waals surface area contributed by atoms with Crippen molar-refractivity contribution in [1.29, 1.82) is 0 Å². The van der Waals surface area contributed by atoms with Crippen LogP contribution in [0.25, 0.3) is 0 Å². The second-order valence-corrected chi connectivity index (χ2v) is 5.73. The second-order valence-electron chi connectivity index (χ2n) is 4.50. The first kappa shape index (κ1) is 15.2. The maximum absolute atomic E-state index is 14.5. The number of nitrogens with two attached hydrogens (primary N) is 1. The molecule has 4 nitrogen and oxygen atoms in total. The lowest BCUT2D eigenvalue weighted by atomic mass is 10.1. The van der Waals surface area contributed by atoms with Gasteiger partial charge in [-0.05, 0) is 40.9 Å². The molecule has 1 aromatic rings. The first-order valence-corrected chi connectivity index (χ1v) is 7.29. The van der Waals surface area contributed by atoms with Gasteiger partial charge in [-0.3, -0.25) is 0 Å². The molecule has 1 aliphatic heterocycles. The number of thiocarbonyl (C=S) groups is 1. The Morgan fingerprint density at radius 2 is 2.30 bits per heavy atom. The fourth-order valence-electron chi connectivity index (χ4n) is 2.39. The summed E-state index contributed by atoms with van der Waals surface area (Å²) in [5, 5.41) is 0. The molecule has 0 bridgehead atoms. The SMILES string of the molecule is COC(=O)C1CCCN1c1ccc(C(N)=S)c(Br)c1F. The monoisotopic (exact) mass is 360 g/mol. The molecule has 0 amide bonds. The van der Waals surface area contributed by atoms with Gasteiger partial charge in [0.2, 0.25) is 0 Å². The van der Waals surface area contributed by atoms with E-state index in [1.54, 1.807) is 17.0 Å². The molecule has 1 saturated heterocycles. The molecule has 1 unspecified atom stereocenters. The van der Waals surface area contributed by atoms with E-state index in [9.17, 15) is 9.18 Å². The van der Waals surface area contributed by atoms with Crippen LogP contribution in [0.5, 0.6) is 0 Å². The molecule has 0 saturated carbocycles. The zero-order chi connectivity index (χ0) is 14.9. The van der Waals surface area contributed by atoms with Crippen LogP contribution < -0.4 is 10.6 Å². The van der Waals surface area contributed by atoms with Crippen molar-refractivity contribution >= 4 is 44.8 Å². The summed E-state index contributed by atoms with van der Waals surface area (Å²) < 4.78 is 19.4. The van der Waals surface area contributed by atoms with Gasteiger partial charge in [0, 0.05) is 12.1 Å². The maximum Gasteiger partial charge on any atom is 0.328 e. The maximum atomic E-state index is 14.5. The number of ether oxygens (including phenoxy) is 1. The molecule has 0 aromatic heterocycles. The highest BCUT2D eigenvalue weighted by atomic mass is 79.9. The predicted molar refractivity (Wildman–Crippen MR) is 82.4 cm³/mol. The van der Waals surface area contributed by atoms with Crippen molar-refractivity contribution in [2.45, 2.75) is 18.9 Å². The number of benzene rings is 1. The van der Waals surface area contributed by atoms with Gasteiger partial charge in [-0.25, -0.2) is 9.18 Å². The molecule has 1 aromatic carbocycles. The number of rotatable bonds is 3. The summed E-state index contributed by atoms with van der Waals surface area (Å²) in [6.07, 6.45) is 1.47. The molecule has 0 spiro atoms. The Bertz CT molecular complexity index is 568. The molecule has 1 heterocycles. The Morgan fingerprint density at radius 1 is 1.60 bits per heavy atom. The van der Waals surface area contributed by atoms with E-state index < -0.39 is 11.9 Å². The highest BCUT2D eigenvalue weighted by Gasteiger charge is 2.33. The highest BCUT2D eigenvalue weighted by molar-refractivity contribution is 9.10. The second kappa shape index (κ2) is 6.05. The number of halogens is 2. The number of hydrogen-bond acceptors (Lipinski definition) is 4. The van der Waals surface area contributed by atoms with Crippen LogP contribution in [0, 0.1) is 5.82 Å². The molecule has 1 atom stereocenters. The lowest BCUT2D eigenvalue weighted by molar-refractivity contribution is -0.141. The molecular formula is C13H14BrFN2O2S. The third-order valence-corrected chi connectivity index (χ3v) is 4.36. The highest BCUT2D eigenvalue weighted by Crippen LogP contribution is 2.33. The first-order valence-electron chi connectivity index (χ1n) is 6.09. The Kier molecular flexibility index (Phi) is 4.59. The van der Waals surface area contributed by atoms with E-state index in [-0.39, 0.29) is 15.4 Å². The van der Waals surface area contributed by atoms with E-state index in [1.165, 1.54) is 7.11 Å². The molecule has 108 valence electrons. The topological polar surface area (TPSA) is 55.6 Å². The van der Waals surface area contributed by atoms with Gasteiger partial charge in [0.15, 0.2) is 5.82 Å². The number of methoxy groups -OCH3 is 1. The van der Waals surface area contributed by atoms with Gasteiger partial charge in [-0.1, -0.05) is 12.2 Å². The van der Waals surface area contributed by atoms with E-state index in [1.807, 2.05) is 0 Å². The normalized spacial score (nSPS) is 18.1. The molecule has 2 N–H and O–H groups in total. The van der Waals surface area contributed by atoms with Crippen molar-refractivity contribution in [3.8, 4) is 0 Å². The van der Waals surface area contributed by atoms with E-state index in [4.69, 9.17) is 22.7 Å². The zero-order valence-electron chi connectivity index (χ0n) is 10.9. The number of esters is 1. The minimum atomic E-state index is -0.467. The van der Waals surface area contributed by atoms with Crippen LogP contribution in [0.4, 0.5) is 10.1 Å². The predicted octanol–water partition coefficient (Wildman–Crippen LogP) is 2.36. The standard InChI is InChI=1S/C13H14BrFN2O2S/c1-19-13(18)9-3-2-6-17(9)8-5-4-7(12(16)20)10(14)11(8)15/h4-5,9H,2-3,6H2,1H3,(H2,16,20). The van der Waals surface area contributed by atoms with Gasteiger partial charge in [0.05, 0.1) is 17.3 Å². The van der Waals surface area contributed by atoms with Crippen molar-refractivity contribution in [3.05, 3.63) is 28.0 Å². The third kappa shape index (κ3) is 2.64. The van der Waals surface area contributed by atoms with Crippen molar-refractivity contribution in [1.82, 2.24) is 0 Å². The third-order valence-electron chi connectivity index (χ3n) is 3.36. The lowest BCUT2D eigenvalue weighted by Crippen LogP contribution is -2.37. The first-order chi connectivity index (χ1) is 9.47. The molecule has 1 aliphatic rings. The van der Waals surface area contributed by atoms with Crippen LogP contribution in [-0.4, -0.2) is 30.7 Å². The van der Waals surface area contributed by atoms with Crippen LogP contribution in [-0.2, 0) is 9.53 Å². The van der Waals surface area contributed by atoms with E-state index in [0.29, 0.717) is 24.2 Å². The Hall–Kier alpha value is -1.21. The number of carbonyl (C=O) groups is 1. The summed E-state index contributed by atoms with van der Waals surface area (Å²) in [7, 11) is 1.33. The molecule has 2 rings (SSSR count). The number of nitrogens with zero attached hydrogens (tertiary/aromatic N) is 1. The van der Waals surface area contributed by atoms with E-state index >= 15 is 0 Å². The molecule has 7 heteroatoms. The summed E-state index contributed by atoms with van der Waals surface area (Å²) in [4.78, 5) is 13.6. The fourth-order valence-corrected chi connectivity index (χ4v) is 3.24.